The van der Waals surface area contributed by atoms with Crippen molar-refractivity contribution in [1.82, 2.24) is 15.1 Å². The summed E-state index contributed by atoms with van der Waals surface area (Å²) >= 11 is 0. The van der Waals surface area contributed by atoms with Gasteiger partial charge < -0.3 is 19.5 Å². The van der Waals surface area contributed by atoms with Gasteiger partial charge in [0.1, 0.15) is 0 Å². The molecule has 2 heterocycles. The summed E-state index contributed by atoms with van der Waals surface area (Å²) in [4.78, 5) is 40.4. The van der Waals surface area contributed by atoms with E-state index in [-0.39, 0.29) is 29.7 Å². The molecule has 9 nitrogen and oxygen atoms in total. The molecule has 0 radical (unpaired) electrons. The fourth-order valence-corrected chi connectivity index (χ4v) is 4.67. The van der Waals surface area contributed by atoms with Crippen LogP contribution in [0.2, 0.25) is 0 Å². The van der Waals surface area contributed by atoms with Crippen LogP contribution in [-0.2, 0) is 19.4 Å². The van der Waals surface area contributed by atoms with Crippen LogP contribution in [0.3, 0.4) is 0 Å². The number of nitrogens with one attached hydrogen (secondary N) is 1. The van der Waals surface area contributed by atoms with Crippen LogP contribution >= 0.6 is 0 Å². The van der Waals surface area contributed by atoms with Crippen molar-refractivity contribution < 1.29 is 27.2 Å². The number of carbonyl (C=O) groups is 3. The van der Waals surface area contributed by atoms with Crippen LogP contribution in [0.15, 0.2) is 58.0 Å². The molecule has 0 bridgehead atoms. The van der Waals surface area contributed by atoms with Crippen LogP contribution in [-0.4, -0.2) is 67.5 Å². The number of sulfone groups is 1. The molecule has 3 rings (SSSR count). The third-order valence-electron chi connectivity index (χ3n) is 4.86. The minimum Gasteiger partial charge on any atom is -0.459 e. The number of hydrogen-bond acceptors (Lipinski definition) is 6. The zero-order valence-electron chi connectivity index (χ0n) is 16.5. The summed E-state index contributed by atoms with van der Waals surface area (Å²) in [6, 6.07) is 10.3. The minimum absolute atomic E-state index is 0.0262. The molecule has 1 saturated heterocycles. The van der Waals surface area contributed by atoms with E-state index in [1.807, 2.05) is 0 Å². The van der Waals surface area contributed by atoms with Crippen molar-refractivity contribution in [3.63, 3.8) is 0 Å². The van der Waals surface area contributed by atoms with Gasteiger partial charge in [-0.15, -0.1) is 0 Å². The molecular weight excluding hydrogens is 410 g/mol. The Morgan fingerprint density at radius 1 is 1.00 bits per heavy atom. The summed E-state index contributed by atoms with van der Waals surface area (Å²) in [5.74, 6) is -1.68. The van der Waals surface area contributed by atoms with Crippen molar-refractivity contribution in [2.45, 2.75) is 23.6 Å². The van der Waals surface area contributed by atoms with E-state index in [1.54, 1.807) is 17.9 Å². The molecule has 0 saturated carbocycles. The van der Waals surface area contributed by atoms with Crippen LogP contribution in [0, 0.1) is 0 Å². The van der Waals surface area contributed by atoms with E-state index in [1.165, 1.54) is 47.6 Å². The minimum atomic E-state index is -4.22. The quantitative estimate of drug-likeness (QED) is 0.723. The second-order valence-electron chi connectivity index (χ2n) is 6.75. The molecule has 1 N–H and O–H groups in total. The monoisotopic (exact) mass is 433 g/mol. The molecule has 1 aliphatic rings. The van der Waals surface area contributed by atoms with E-state index < -0.39 is 27.0 Å². The first-order valence-electron chi connectivity index (χ1n) is 9.54. The fourth-order valence-electron chi connectivity index (χ4n) is 3.18. The molecule has 1 fully saturated rings. The van der Waals surface area contributed by atoms with Gasteiger partial charge in [0.2, 0.25) is 21.1 Å². The number of rotatable bonds is 6. The topological polar surface area (TPSA) is 117 Å². The number of nitrogens with zero attached hydrogens (tertiary/aromatic N) is 2. The molecular formula is C20H23N3O6S. The van der Waals surface area contributed by atoms with E-state index in [2.05, 4.69) is 5.32 Å². The Balaban J connectivity index is 1.85. The zero-order chi connectivity index (χ0) is 21.7. The average molecular weight is 433 g/mol. The molecule has 10 heteroatoms. The number of piperazine rings is 1. The average Bonchev–Trinajstić information content (AvgIpc) is 3.32. The maximum absolute atomic E-state index is 13.2. The molecule has 160 valence electrons. The van der Waals surface area contributed by atoms with Crippen molar-refractivity contribution in [2.24, 2.45) is 0 Å². The van der Waals surface area contributed by atoms with Crippen molar-refractivity contribution in [3.8, 4) is 0 Å². The largest absolute Gasteiger partial charge is 0.459 e. The Kier molecular flexibility index (Phi) is 6.56. The highest BCUT2D eigenvalue weighted by atomic mass is 32.2. The molecule has 1 atom stereocenters. The van der Waals surface area contributed by atoms with E-state index >= 15 is 0 Å². The Morgan fingerprint density at radius 3 is 2.20 bits per heavy atom. The molecule has 2 aromatic rings. The predicted molar refractivity (Wildman–Crippen MR) is 107 cm³/mol. The smallest absolute Gasteiger partial charge is 0.288 e. The Labute approximate surface area is 174 Å². The van der Waals surface area contributed by atoms with Crippen LogP contribution in [0.5, 0.6) is 0 Å². The summed E-state index contributed by atoms with van der Waals surface area (Å²) in [7, 11) is -4.22. The number of carbonyl (C=O) groups excluding carboxylic acids is 3. The highest BCUT2D eigenvalue weighted by Crippen LogP contribution is 2.18. The SMILES string of the molecule is CCC(=O)N1CCN(C(=O)C(NC(=O)c2ccco2)S(=O)(=O)c2ccccc2)CC1. The first kappa shape index (κ1) is 21.6. The number of furan rings is 1. The van der Waals surface area contributed by atoms with Crippen molar-refractivity contribution in [3.05, 3.63) is 54.5 Å². The van der Waals surface area contributed by atoms with Gasteiger partial charge in [-0.1, -0.05) is 25.1 Å². The highest BCUT2D eigenvalue weighted by molar-refractivity contribution is 7.92. The van der Waals surface area contributed by atoms with Crippen LogP contribution in [0.25, 0.3) is 0 Å². The summed E-state index contributed by atoms with van der Waals surface area (Å²) < 4.78 is 31.4. The Bertz CT molecular complexity index is 996. The molecule has 1 aliphatic heterocycles. The predicted octanol–water partition coefficient (Wildman–Crippen LogP) is 0.890. The van der Waals surface area contributed by atoms with E-state index in [0.29, 0.717) is 19.5 Å². The van der Waals surface area contributed by atoms with Crippen LogP contribution < -0.4 is 5.32 Å². The number of benzene rings is 1. The van der Waals surface area contributed by atoms with Gasteiger partial charge >= 0.3 is 0 Å². The standard InChI is InChI=1S/C20H23N3O6S/c1-2-17(24)22-10-12-23(13-11-22)20(26)19(21-18(25)16-9-6-14-29-16)30(27,28)15-7-4-3-5-8-15/h3-9,14,19H,2,10-13H2,1H3,(H,21,25). The van der Waals surface area contributed by atoms with Crippen LogP contribution in [0.1, 0.15) is 23.9 Å². The normalized spacial score (nSPS) is 15.5. The summed E-state index contributed by atoms with van der Waals surface area (Å²) in [6.07, 6.45) is 1.64. The lowest BCUT2D eigenvalue weighted by molar-refractivity contribution is -0.139. The zero-order valence-corrected chi connectivity index (χ0v) is 17.3. The summed E-state index contributed by atoms with van der Waals surface area (Å²) in [5, 5.41) is 0.494. The van der Waals surface area contributed by atoms with Gasteiger partial charge in [-0.05, 0) is 24.3 Å². The third kappa shape index (κ3) is 4.54. The van der Waals surface area contributed by atoms with Gasteiger partial charge in [-0.25, -0.2) is 8.42 Å². The molecule has 30 heavy (non-hydrogen) atoms. The maximum Gasteiger partial charge on any atom is 0.288 e. The highest BCUT2D eigenvalue weighted by Gasteiger charge is 2.39. The second kappa shape index (κ2) is 9.12. The van der Waals surface area contributed by atoms with Gasteiger partial charge in [0, 0.05) is 32.6 Å². The second-order valence-corrected chi connectivity index (χ2v) is 8.78. The summed E-state index contributed by atoms with van der Waals surface area (Å²) in [6.45, 7) is 2.74. The van der Waals surface area contributed by atoms with Crippen molar-refractivity contribution in [2.75, 3.05) is 26.2 Å². The fraction of sp³-hybridized carbons (Fsp3) is 0.350. The first-order valence-corrected chi connectivity index (χ1v) is 11.1. The molecule has 1 unspecified atom stereocenters. The van der Waals surface area contributed by atoms with Gasteiger partial charge in [0.15, 0.2) is 5.76 Å². The van der Waals surface area contributed by atoms with Crippen molar-refractivity contribution >= 4 is 27.6 Å². The van der Waals surface area contributed by atoms with Gasteiger partial charge in [-0.3, -0.25) is 14.4 Å². The van der Waals surface area contributed by atoms with Gasteiger partial charge in [0.05, 0.1) is 11.2 Å². The Hall–Kier alpha value is -3.14. The van der Waals surface area contributed by atoms with Crippen LogP contribution in [0.4, 0.5) is 0 Å². The number of amides is 3. The number of hydrogen-bond donors (Lipinski definition) is 1. The molecule has 1 aromatic heterocycles. The van der Waals surface area contributed by atoms with E-state index in [0.717, 1.165) is 0 Å². The lowest BCUT2D eigenvalue weighted by Crippen LogP contribution is -2.57. The summed E-state index contributed by atoms with van der Waals surface area (Å²) in [5.41, 5.74) is 0. The lowest BCUT2D eigenvalue weighted by Gasteiger charge is -2.36. The molecule has 1 aromatic carbocycles. The van der Waals surface area contributed by atoms with E-state index in [9.17, 15) is 22.8 Å². The van der Waals surface area contributed by atoms with Gasteiger partial charge in [0.25, 0.3) is 11.8 Å². The Morgan fingerprint density at radius 2 is 1.63 bits per heavy atom. The van der Waals surface area contributed by atoms with Crippen molar-refractivity contribution in [1.29, 1.82) is 0 Å². The van der Waals surface area contributed by atoms with E-state index in [4.69, 9.17) is 4.42 Å². The molecule has 0 aliphatic carbocycles. The van der Waals surface area contributed by atoms with Gasteiger partial charge in [-0.2, -0.15) is 0 Å². The first-order chi connectivity index (χ1) is 14.3. The maximum atomic E-state index is 13.2. The molecule has 0 spiro atoms. The molecule has 3 amide bonds. The lowest BCUT2D eigenvalue weighted by atomic mass is 10.2. The third-order valence-corrected chi connectivity index (χ3v) is 6.73.